The molecule has 3 heterocycles. The lowest BCUT2D eigenvalue weighted by molar-refractivity contribution is -0.138. The highest BCUT2D eigenvalue weighted by molar-refractivity contribution is 6.33. The van der Waals surface area contributed by atoms with Crippen LogP contribution in [0.2, 0.25) is 5.02 Å². The van der Waals surface area contributed by atoms with Crippen molar-refractivity contribution >= 4 is 17.5 Å². The minimum Gasteiger partial charge on any atom is -0.342 e. The molecule has 1 aromatic carbocycles. The minimum absolute atomic E-state index is 0.158. The van der Waals surface area contributed by atoms with Crippen molar-refractivity contribution in [2.75, 3.05) is 26.2 Å². The average Bonchev–Trinajstić information content (AvgIpc) is 3.17. The molecule has 1 aromatic heterocycles. The smallest absolute Gasteiger partial charge is 0.241 e. The first kappa shape index (κ1) is 19.4. The summed E-state index contributed by atoms with van der Waals surface area (Å²) in [5.41, 5.74) is 0.777. The van der Waals surface area contributed by atoms with Crippen LogP contribution in [0.1, 0.15) is 38.5 Å². The average molecular weight is 403 g/mol. The zero-order chi connectivity index (χ0) is 19.5. The van der Waals surface area contributed by atoms with Crippen molar-refractivity contribution in [2.45, 2.75) is 39.2 Å². The third-order valence-corrected chi connectivity index (χ3v) is 6.30. The molecule has 2 aliphatic heterocycles. The quantitative estimate of drug-likeness (QED) is 0.777. The van der Waals surface area contributed by atoms with E-state index in [1.165, 1.54) is 0 Å². The van der Waals surface area contributed by atoms with Gasteiger partial charge in [0.15, 0.2) is 0 Å². The van der Waals surface area contributed by atoms with Crippen molar-refractivity contribution in [1.82, 2.24) is 19.9 Å². The first-order valence-corrected chi connectivity index (χ1v) is 10.6. The van der Waals surface area contributed by atoms with E-state index in [2.05, 4.69) is 26.9 Å². The Balaban J connectivity index is 1.29. The second-order valence-electron chi connectivity index (χ2n) is 8.05. The van der Waals surface area contributed by atoms with E-state index >= 15 is 0 Å². The van der Waals surface area contributed by atoms with E-state index in [0.717, 1.165) is 63.3 Å². The monoisotopic (exact) mass is 402 g/mol. The first-order chi connectivity index (χ1) is 13.6. The Morgan fingerprint density at radius 2 is 1.86 bits per heavy atom. The molecule has 4 rings (SSSR count). The third kappa shape index (κ3) is 4.39. The number of piperidine rings is 2. The Morgan fingerprint density at radius 3 is 2.57 bits per heavy atom. The zero-order valence-electron chi connectivity index (χ0n) is 16.3. The van der Waals surface area contributed by atoms with Gasteiger partial charge in [-0.05, 0) is 56.8 Å². The number of benzene rings is 1. The lowest BCUT2D eigenvalue weighted by atomic mass is 9.93. The van der Waals surface area contributed by atoms with Crippen molar-refractivity contribution < 1.29 is 9.32 Å². The number of hydrogen-bond acceptors (Lipinski definition) is 5. The van der Waals surface area contributed by atoms with E-state index < -0.39 is 0 Å². The van der Waals surface area contributed by atoms with Gasteiger partial charge in [-0.1, -0.05) is 35.8 Å². The van der Waals surface area contributed by atoms with Gasteiger partial charge in [0.05, 0.1) is 11.6 Å². The van der Waals surface area contributed by atoms with E-state index in [9.17, 15) is 4.79 Å². The zero-order valence-corrected chi connectivity index (χ0v) is 17.1. The lowest BCUT2D eigenvalue weighted by Crippen LogP contribution is -2.45. The molecule has 28 heavy (non-hydrogen) atoms. The van der Waals surface area contributed by atoms with E-state index in [4.69, 9.17) is 16.1 Å². The molecule has 2 fully saturated rings. The van der Waals surface area contributed by atoms with E-state index in [0.29, 0.717) is 29.2 Å². The van der Waals surface area contributed by atoms with Crippen LogP contribution in [0.25, 0.3) is 11.4 Å². The van der Waals surface area contributed by atoms with Gasteiger partial charge in [-0.3, -0.25) is 9.69 Å². The molecule has 0 aliphatic carbocycles. The van der Waals surface area contributed by atoms with Crippen LogP contribution in [0.3, 0.4) is 0 Å². The minimum atomic E-state index is 0.158. The first-order valence-electron chi connectivity index (χ1n) is 10.2. The second-order valence-corrected chi connectivity index (χ2v) is 8.46. The summed E-state index contributed by atoms with van der Waals surface area (Å²) in [7, 11) is 0. The predicted octanol–water partition coefficient (Wildman–Crippen LogP) is 3.86. The highest BCUT2D eigenvalue weighted by Crippen LogP contribution is 2.27. The van der Waals surface area contributed by atoms with Crippen molar-refractivity contribution in [1.29, 1.82) is 0 Å². The van der Waals surface area contributed by atoms with Gasteiger partial charge in [-0.2, -0.15) is 4.98 Å². The van der Waals surface area contributed by atoms with Crippen LogP contribution in [-0.2, 0) is 11.3 Å². The standard InChI is InChI=1S/C21H27ClN4O2/c1-15-6-12-26(13-7-15)21(27)16-8-10-25(11-9-16)14-19-23-20(24-28-19)17-4-2-3-5-18(17)22/h2-5,15-16H,6-14H2,1H3. The number of rotatable bonds is 4. The predicted molar refractivity (Wildman–Crippen MR) is 108 cm³/mol. The summed E-state index contributed by atoms with van der Waals surface area (Å²) in [6, 6.07) is 7.48. The normalized spacial score (nSPS) is 19.9. The molecule has 2 aliphatic rings. The Kier molecular flexibility index (Phi) is 5.97. The Bertz CT molecular complexity index is 808. The molecule has 1 amide bonds. The number of aromatic nitrogens is 2. The van der Waals surface area contributed by atoms with Crippen molar-refractivity contribution in [3.05, 3.63) is 35.2 Å². The second kappa shape index (κ2) is 8.62. The van der Waals surface area contributed by atoms with Gasteiger partial charge in [0.2, 0.25) is 17.6 Å². The van der Waals surface area contributed by atoms with Crippen molar-refractivity contribution in [3.63, 3.8) is 0 Å². The van der Waals surface area contributed by atoms with Crippen LogP contribution in [-0.4, -0.2) is 52.0 Å². The van der Waals surface area contributed by atoms with Crippen LogP contribution >= 0.6 is 11.6 Å². The molecule has 0 N–H and O–H groups in total. The third-order valence-electron chi connectivity index (χ3n) is 5.97. The summed E-state index contributed by atoms with van der Waals surface area (Å²) in [5.74, 6) is 2.36. The van der Waals surface area contributed by atoms with Gasteiger partial charge in [-0.25, -0.2) is 0 Å². The number of amides is 1. The van der Waals surface area contributed by atoms with Crippen LogP contribution < -0.4 is 0 Å². The van der Waals surface area contributed by atoms with Gasteiger partial charge in [0, 0.05) is 24.6 Å². The number of hydrogen-bond donors (Lipinski definition) is 0. The number of carbonyl (C=O) groups excluding carboxylic acids is 1. The van der Waals surface area contributed by atoms with E-state index in [-0.39, 0.29) is 5.92 Å². The summed E-state index contributed by atoms with van der Waals surface area (Å²) in [6.07, 6.45) is 4.07. The number of carbonyl (C=O) groups is 1. The molecular formula is C21H27ClN4O2. The summed E-state index contributed by atoms with van der Waals surface area (Å²) in [4.78, 5) is 21.6. The molecule has 2 saturated heterocycles. The summed E-state index contributed by atoms with van der Waals surface area (Å²) in [6.45, 7) is 6.49. The maximum absolute atomic E-state index is 12.8. The Hall–Kier alpha value is -1.92. The summed E-state index contributed by atoms with van der Waals surface area (Å²) < 4.78 is 5.42. The number of nitrogens with zero attached hydrogens (tertiary/aromatic N) is 4. The fourth-order valence-electron chi connectivity index (χ4n) is 4.09. The summed E-state index contributed by atoms with van der Waals surface area (Å²) in [5, 5.41) is 4.68. The summed E-state index contributed by atoms with van der Waals surface area (Å²) >= 11 is 6.21. The largest absolute Gasteiger partial charge is 0.342 e. The Labute approximate surface area is 170 Å². The topological polar surface area (TPSA) is 62.5 Å². The maximum atomic E-state index is 12.8. The van der Waals surface area contributed by atoms with Crippen molar-refractivity contribution in [3.8, 4) is 11.4 Å². The molecule has 6 nitrogen and oxygen atoms in total. The van der Waals surface area contributed by atoms with Gasteiger partial charge >= 0.3 is 0 Å². The molecule has 150 valence electrons. The fourth-order valence-corrected chi connectivity index (χ4v) is 4.31. The van der Waals surface area contributed by atoms with E-state index in [1.54, 1.807) is 0 Å². The van der Waals surface area contributed by atoms with Crippen molar-refractivity contribution in [2.24, 2.45) is 11.8 Å². The van der Waals surface area contributed by atoms with Crippen LogP contribution in [0.15, 0.2) is 28.8 Å². The molecule has 0 bridgehead atoms. The van der Waals surface area contributed by atoms with Crippen LogP contribution in [0.4, 0.5) is 0 Å². The molecular weight excluding hydrogens is 376 g/mol. The van der Waals surface area contributed by atoms with E-state index in [1.807, 2.05) is 24.3 Å². The number of halogens is 1. The molecule has 0 radical (unpaired) electrons. The number of likely N-dealkylation sites (tertiary alicyclic amines) is 2. The molecule has 0 atom stereocenters. The Morgan fingerprint density at radius 1 is 1.14 bits per heavy atom. The fraction of sp³-hybridized carbons (Fsp3) is 0.571. The van der Waals surface area contributed by atoms with Crippen LogP contribution in [0, 0.1) is 11.8 Å². The van der Waals surface area contributed by atoms with Gasteiger partial charge in [0.25, 0.3) is 0 Å². The van der Waals surface area contributed by atoms with Gasteiger partial charge < -0.3 is 9.42 Å². The highest BCUT2D eigenvalue weighted by Gasteiger charge is 2.30. The van der Waals surface area contributed by atoms with Gasteiger partial charge in [-0.15, -0.1) is 0 Å². The molecule has 7 heteroatoms. The SMILES string of the molecule is CC1CCN(C(=O)C2CCN(Cc3nc(-c4ccccc4Cl)no3)CC2)CC1. The maximum Gasteiger partial charge on any atom is 0.241 e. The van der Waals surface area contributed by atoms with Gasteiger partial charge in [0.1, 0.15) is 0 Å². The molecule has 0 saturated carbocycles. The van der Waals surface area contributed by atoms with Crippen LogP contribution in [0.5, 0.6) is 0 Å². The highest BCUT2D eigenvalue weighted by atomic mass is 35.5. The molecule has 0 unspecified atom stereocenters. The molecule has 0 spiro atoms. The molecule has 2 aromatic rings. The lowest BCUT2D eigenvalue weighted by Gasteiger charge is -2.36.